The smallest absolute Gasteiger partial charge is 0.433 e. The van der Waals surface area contributed by atoms with E-state index >= 15 is 0 Å². The van der Waals surface area contributed by atoms with Crippen LogP contribution in [0.4, 0.5) is 28.2 Å². The Morgan fingerprint density at radius 3 is 2.33 bits per heavy atom. The zero-order valence-electron chi connectivity index (χ0n) is 14.6. The molecule has 0 N–H and O–H groups in total. The van der Waals surface area contributed by atoms with Crippen LogP contribution >= 0.6 is 15.9 Å². The van der Waals surface area contributed by atoms with Gasteiger partial charge in [0, 0.05) is 6.20 Å². The van der Waals surface area contributed by atoms with Crippen LogP contribution in [0.25, 0.3) is 0 Å². The van der Waals surface area contributed by atoms with Crippen molar-refractivity contribution < 1.29 is 27.1 Å². The van der Waals surface area contributed by atoms with E-state index in [1.54, 1.807) is 20.8 Å². The van der Waals surface area contributed by atoms with Crippen molar-refractivity contribution in [1.29, 1.82) is 0 Å². The van der Waals surface area contributed by atoms with Crippen LogP contribution in [-0.4, -0.2) is 21.7 Å². The molecule has 5 nitrogen and oxygen atoms in total. The summed E-state index contributed by atoms with van der Waals surface area (Å²) >= 11 is 2.97. The molecule has 0 aliphatic heterocycles. The first kappa shape index (κ1) is 21.1. The van der Waals surface area contributed by atoms with Crippen molar-refractivity contribution in [3.05, 3.63) is 52.1 Å². The standard InChI is InChI=1S/C17H16BrF4N3O2/c1-16(2,3)27-15(26)25(13-7-5-11(18)14(19)24-13)9-10-4-6-12(23-8-10)17(20,21)22/h4-8H,9H2,1-3H3. The topological polar surface area (TPSA) is 55.3 Å². The first-order valence-corrected chi connectivity index (χ1v) is 8.51. The summed E-state index contributed by atoms with van der Waals surface area (Å²) in [6, 6.07) is 4.73. The molecule has 0 radical (unpaired) electrons. The lowest BCUT2D eigenvalue weighted by molar-refractivity contribution is -0.141. The van der Waals surface area contributed by atoms with Crippen molar-refractivity contribution in [2.24, 2.45) is 0 Å². The first-order valence-electron chi connectivity index (χ1n) is 7.71. The summed E-state index contributed by atoms with van der Waals surface area (Å²) < 4.78 is 57.1. The number of hydrogen-bond donors (Lipinski definition) is 0. The molecule has 10 heteroatoms. The molecule has 0 atom stereocenters. The van der Waals surface area contributed by atoms with Crippen molar-refractivity contribution >= 4 is 27.8 Å². The monoisotopic (exact) mass is 449 g/mol. The lowest BCUT2D eigenvalue weighted by atomic mass is 10.2. The molecule has 0 spiro atoms. The third kappa shape index (κ3) is 5.88. The molecule has 2 aromatic heterocycles. The molecule has 146 valence electrons. The van der Waals surface area contributed by atoms with Crippen molar-refractivity contribution in [2.75, 3.05) is 4.90 Å². The fourth-order valence-electron chi connectivity index (χ4n) is 1.98. The lowest BCUT2D eigenvalue weighted by Gasteiger charge is -2.27. The molecule has 2 aromatic rings. The van der Waals surface area contributed by atoms with Crippen molar-refractivity contribution in [2.45, 2.75) is 39.1 Å². The van der Waals surface area contributed by atoms with E-state index in [2.05, 4.69) is 25.9 Å². The van der Waals surface area contributed by atoms with Crippen LogP contribution < -0.4 is 4.90 Å². The number of rotatable bonds is 3. The van der Waals surface area contributed by atoms with Crippen LogP contribution in [0.3, 0.4) is 0 Å². The molecule has 0 aromatic carbocycles. The lowest BCUT2D eigenvalue weighted by Crippen LogP contribution is -2.37. The maximum absolute atomic E-state index is 13.8. The summed E-state index contributed by atoms with van der Waals surface area (Å²) in [5.74, 6) is -0.892. The van der Waals surface area contributed by atoms with Crippen molar-refractivity contribution in [3.8, 4) is 0 Å². The highest BCUT2D eigenvalue weighted by Gasteiger charge is 2.32. The van der Waals surface area contributed by atoms with Gasteiger partial charge in [-0.15, -0.1) is 0 Å². The number of nitrogens with zero attached hydrogens (tertiary/aromatic N) is 3. The zero-order chi connectivity index (χ0) is 20.4. The number of aromatic nitrogens is 2. The van der Waals surface area contributed by atoms with Gasteiger partial charge in [0.15, 0.2) is 0 Å². The van der Waals surface area contributed by atoms with E-state index in [0.717, 1.165) is 17.2 Å². The number of amides is 1. The molecule has 1 amide bonds. The fourth-order valence-corrected chi connectivity index (χ4v) is 2.20. The van der Waals surface area contributed by atoms with E-state index in [-0.39, 0.29) is 16.8 Å². The molecule has 2 heterocycles. The highest BCUT2D eigenvalue weighted by molar-refractivity contribution is 9.10. The highest BCUT2D eigenvalue weighted by Crippen LogP contribution is 2.28. The van der Waals surface area contributed by atoms with Gasteiger partial charge in [-0.25, -0.2) is 9.78 Å². The molecule has 2 rings (SSSR count). The van der Waals surface area contributed by atoms with E-state index in [4.69, 9.17) is 4.74 Å². The van der Waals surface area contributed by atoms with E-state index in [0.29, 0.717) is 5.56 Å². The van der Waals surface area contributed by atoms with Gasteiger partial charge in [0.05, 0.1) is 11.0 Å². The molecule has 27 heavy (non-hydrogen) atoms. The van der Waals surface area contributed by atoms with Crippen LogP contribution in [0.1, 0.15) is 32.0 Å². The van der Waals surface area contributed by atoms with Gasteiger partial charge in [-0.2, -0.15) is 17.6 Å². The van der Waals surface area contributed by atoms with E-state index in [1.165, 1.54) is 18.2 Å². The molecule has 0 unspecified atom stereocenters. The van der Waals surface area contributed by atoms with Gasteiger partial charge in [0.25, 0.3) is 0 Å². The second-order valence-electron chi connectivity index (χ2n) is 6.56. The first-order chi connectivity index (χ1) is 12.4. The second kappa shape index (κ2) is 7.79. The molecule has 0 bridgehead atoms. The predicted octanol–water partition coefficient (Wildman–Crippen LogP) is 5.34. The summed E-state index contributed by atoms with van der Waals surface area (Å²) in [7, 11) is 0. The van der Waals surface area contributed by atoms with Crippen molar-refractivity contribution in [1.82, 2.24) is 9.97 Å². The molecule has 0 saturated heterocycles. The highest BCUT2D eigenvalue weighted by atomic mass is 79.9. The minimum atomic E-state index is -4.57. The van der Waals surface area contributed by atoms with Crippen LogP contribution in [0.15, 0.2) is 34.9 Å². The summed E-state index contributed by atoms with van der Waals surface area (Å²) in [5, 5.41) is 0. The molecule has 0 fully saturated rings. The summed E-state index contributed by atoms with van der Waals surface area (Å²) in [6.07, 6.45) is -4.40. The van der Waals surface area contributed by atoms with Gasteiger partial charge in [-0.3, -0.25) is 9.88 Å². The van der Waals surface area contributed by atoms with Crippen LogP contribution in [-0.2, 0) is 17.5 Å². The van der Waals surface area contributed by atoms with Gasteiger partial charge in [0.1, 0.15) is 17.1 Å². The third-order valence-electron chi connectivity index (χ3n) is 3.13. The van der Waals surface area contributed by atoms with Crippen molar-refractivity contribution in [3.63, 3.8) is 0 Å². The Kier molecular flexibility index (Phi) is 6.08. The summed E-state index contributed by atoms with van der Waals surface area (Å²) in [6.45, 7) is 4.75. The average molecular weight is 450 g/mol. The molecular weight excluding hydrogens is 434 g/mol. The number of carbonyl (C=O) groups excluding carboxylic acids is 1. The second-order valence-corrected chi connectivity index (χ2v) is 7.41. The van der Waals surface area contributed by atoms with Crippen LogP contribution in [0, 0.1) is 5.95 Å². The van der Waals surface area contributed by atoms with Gasteiger partial charge in [-0.1, -0.05) is 6.07 Å². The van der Waals surface area contributed by atoms with Crippen LogP contribution in [0.2, 0.25) is 0 Å². The largest absolute Gasteiger partial charge is 0.443 e. The van der Waals surface area contributed by atoms with Gasteiger partial charge >= 0.3 is 12.3 Å². The quantitative estimate of drug-likeness (QED) is 0.468. The van der Waals surface area contributed by atoms with Gasteiger partial charge in [-0.05, 0) is 60.5 Å². The number of pyridine rings is 2. The predicted molar refractivity (Wildman–Crippen MR) is 93.6 cm³/mol. The number of hydrogen-bond acceptors (Lipinski definition) is 4. The number of alkyl halides is 3. The minimum absolute atomic E-state index is 0.0511. The summed E-state index contributed by atoms with van der Waals surface area (Å²) in [4.78, 5) is 20.6. The Morgan fingerprint density at radius 2 is 1.85 bits per heavy atom. The fraction of sp³-hybridized carbons (Fsp3) is 0.353. The van der Waals surface area contributed by atoms with Crippen LogP contribution in [0.5, 0.6) is 0 Å². The Hall–Kier alpha value is -2.23. The van der Waals surface area contributed by atoms with E-state index in [1.807, 2.05) is 0 Å². The van der Waals surface area contributed by atoms with Gasteiger partial charge < -0.3 is 4.74 Å². The zero-order valence-corrected chi connectivity index (χ0v) is 16.2. The third-order valence-corrected chi connectivity index (χ3v) is 3.73. The maximum Gasteiger partial charge on any atom is 0.433 e. The molecule has 0 saturated carbocycles. The summed E-state index contributed by atoms with van der Waals surface area (Å²) in [5.41, 5.74) is -1.59. The number of halogens is 5. The number of anilines is 1. The number of ether oxygens (including phenoxy) is 1. The Labute approximate surface area is 161 Å². The average Bonchev–Trinajstić information content (AvgIpc) is 2.53. The van der Waals surface area contributed by atoms with Gasteiger partial charge in [0.2, 0.25) is 5.95 Å². The number of carbonyl (C=O) groups is 1. The molecule has 0 aliphatic carbocycles. The Balaban J connectivity index is 2.34. The SMILES string of the molecule is CC(C)(C)OC(=O)N(Cc1ccc(C(F)(F)F)nc1)c1ccc(Br)c(F)n1. The Bertz CT molecular complexity index is 820. The molecule has 0 aliphatic rings. The van der Waals surface area contributed by atoms with E-state index in [9.17, 15) is 22.4 Å². The minimum Gasteiger partial charge on any atom is -0.443 e. The molecular formula is C17H16BrF4N3O2. The van der Waals surface area contributed by atoms with E-state index < -0.39 is 29.5 Å². The Morgan fingerprint density at radius 1 is 1.19 bits per heavy atom. The maximum atomic E-state index is 13.8. The normalized spacial score (nSPS) is 12.0.